The third-order valence-electron chi connectivity index (χ3n) is 0.751. The van der Waals surface area contributed by atoms with Gasteiger partial charge in [-0.25, -0.2) is 4.57 Å². The van der Waals surface area contributed by atoms with Gasteiger partial charge in [-0.1, -0.05) is 6.92 Å². The van der Waals surface area contributed by atoms with E-state index in [1.165, 1.54) is 0 Å². The summed E-state index contributed by atoms with van der Waals surface area (Å²) in [5.74, 6) is 0.674. The molecule has 11 heavy (non-hydrogen) atoms. The molecule has 0 aromatic rings. The first-order chi connectivity index (χ1) is 4.62. The van der Waals surface area contributed by atoms with Gasteiger partial charge >= 0.3 is 6.80 Å². The van der Waals surface area contributed by atoms with Crippen LogP contribution in [0.2, 0.25) is 0 Å². The van der Waals surface area contributed by atoms with E-state index in [1.54, 1.807) is 6.92 Å². The van der Waals surface area contributed by atoms with Crippen LogP contribution in [0.3, 0.4) is 0 Å². The van der Waals surface area contributed by atoms with E-state index in [-0.39, 0.29) is 12.4 Å². The minimum atomic E-state index is -3.29. The van der Waals surface area contributed by atoms with Crippen LogP contribution in [-0.2, 0) is 9.09 Å². The molecular weight excluding hydrogens is 207 g/mol. The molecule has 6 heteroatoms. The molecule has 0 spiro atoms. The Morgan fingerprint density at radius 1 is 1.55 bits per heavy atom. The summed E-state index contributed by atoms with van der Waals surface area (Å²) in [6.45, 7) is 0.665. The third-order valence-corrected chi connectivity index (χ3v) is 4.10. The van der Waals surface area contributed by atoms with Crippen molar-refractivity contribution >= 4 is 30.6 Å². The maximum absolute atomic E-state index is 10.9. The molecule has 0 radical (unpaired) electrons. The first kappa shape index (κ1) is 14.3. The van der Waals surface area contributed by atoms with Crippen LogP contribution in [0, 0.1) is 0 Å². The van der Waals surface area contributed by atoms with Gasteiger partial charge in [0.1, 0.15) is 0 Å². The average molecular weight is 221 g/mol. The molecule has 0 aliphatic carbocycles. The lowest BCUT2D eigenvalue weighted by Gasteiger charge is -2.07. The van der Waals surface area contributed by atoms with Crippen molar-refractivity contribution in [1.82, 2.24) is 0 Å². The predicted octanol–water partition coefficient (Wildman–Crippen LogP) is 2.69. The lowest BCUT2D eigenvalue weighted by Crippen LogP contribution is -1.85. The van der Waals surface area contributed by atoms with E-state index in [2.05, 4.69) is 4.52 Å². The summed E-state index contributed by atoms with van der Waals surface area (Å²) in [6.07, 6.45) is 0.891. The molecule has 0 fully saturated rings. The minimum absolute atomic E-state index is 0. The van der Waals surface area contributed by atoms with Gasteiger partial charge in [0, 0.05) is 5.75 Å². The van der Waals surface area contributed by atoms with Crippen molar-refractivity contribution in [3.63, 3.8) is 0 Å². The summed E-state index contributed by atoms with van der Waals surface area (Å²) in [6, 6.07) is 0. The van der Waals surface area contributed by atoms with E-state index in [1.807, 2.05) is 6.92 Å². The second kappa shape index (κ2) is 7.44. The molecule has 1 N–H and O–H groups in total. The Bertz CT molecular complexity index is 133. The lowest BCUT2D eigenvalue weighted by atomic mass is 10.6. The molecular formula is C5H14ClO3PS. The molecule has 0 bridgehead atoms. The molecule has 0 aromatic heterocycles. The van der Waals surface area contributed by atoms with Crippen molar-refractivity contribution in [2.24, 2.45) is 0 Å². The van der Waals surface area contributed by atoms with Gasteiger partial charge in [-0.15, -0.1) is 12.4 Å². The molecule has 0 heterocycles. The highest BCUT2D eigenvalue weighted by molar-refractivity contribution is 8.54. The topological polar surface area (TPSA) is 46.5 Å². The molecule has 0 amide bonds. The molecule has 0 rings (SSSR count). The molecule has 3 nitrogen and oxygen atoms in total. The van der Waals surface area contributed by atoms with Crippen molar-refractivity contribution in [2.75, 3.05) is 12.4 Å². The maximum Gasteiger partial charge on any atom is 0.386 e. The highest BCUT2D eigenvalue weighted by atomic mass is 35.5. The Labute approximate surface area is 77.6 Å². The maximum atomic E-state index is 10.9. The van der Waals surface area contributed by atoms with Crippen molar-refractivity contribution in [3.05, 3.63) is 0 Å². The quantitative estimate of drug-likeness (QED) is 0.724. The number of hydrogen-bond donors (Lipinski definition) is 1. The highest BCUT2D eigenvalue weighted by Crippen LogP contribution is 2.55. The van der Waals surface area contributed by atoms with Gasteiger partial charge in [0.05, 0.1) is 6.61 Å². The number of rotatable bonds is 5. The van der Waals surface area contributed by atoms with Crippen LogP contribution in [0.4, 0.5) is 0 Å². The summed E-state index contributed by atoms with van der Waals surface area (Å²) in [4.78, 5) is 8.94. The summed E-state index contributed by atoms with van der Waals surface area (Å²) in [7, 11) is 0. The summed E-state index contributed by atoms with van der Waals surface area (Å²) in [5.41, 5.74) is 0. The van der Waals surface area contributed by atoms with Crippen molar-refractivity contribution in [1.29, 1.82) is 0 Å². The van der Waals surface area contributed by atoms with Crippen LogP contribution < -0.4 is 0 Å². The average Bonchev–Trinajstić information content (AvgIpc) is 1.84. The van der Waals surface area contributed by atoms with Gasteiger partial charge < -0.3 is 9.42 Å². The van der Waals surface area contributed by atoms with E-state index in [9.17, 15) is 4.57 Å². The smallest absolute Gasteiger partial charge is 0.316 e. The first-order valence-electron chi connectivity index (χ1n) is 3.24. The van der Waals surface area contributed by atoms with Crippen LogP contribution in [0.15, 0.2) is 0 Å². The van der Waals surface area contributed by atoms with E-state index < -0.39 is 6.80 Å². The fraction of sp³-hybridized carbons (Fsp3) is 1.00. The minimum Gasteiger partial charge on any atom is -0.316 e. The molecule has 1 unspecified atom stereocenters. The van der Waals surface area contributed by atoms with Gasteiger partial charge in [-0.2, -0.15) is 0 Å². The first-order valence-corrected chi connectivity index (χ1v) is 6.41. The Balaban J connectivity index is 0. The van der Waals surface area contributed by atoms with Gasteiger partial charge in [-0.05, 0) is 24.7 Å². The van der Waals surface area contributed by atoms with Gasteiger partial charge in [0.2, 0.25) is 0 Å². The summed E-state index contributed by atoms with van der Waals surface area (Å²) >= 11 is 0.992. The van der Waals surface area contributed by atoms with Gasteiger partial charge in [0.15, 0.2) is 0 Å². The second-order valence-corrected chi connectivity index (χ2v) is 5.74. The zero-order valence-electron chi connectivity index (χ0n) is 6.65. The molecule has 0 saturated carbocycles. The zero-order chi connectivity index (χ0) is 8.04. The largest absolute Gasteiger partial charge is 0.386 e. The second-order valence-electron chi connectivity index (χ2n) is 1.72. The molecule has 0 aromatic carbocycles. The SMILES string of the molecule is CCCSP(=O)(O)OCC.Cl. The summed E-state index contributed by atoms with van der Waals surface area (Å²) < 4.78 is 15.5. The number of hydrogen-bond acceptors (Lipinski definition) is 3. The van der Waals surface area contributed by atoms with Crippen molar-refractivity contribution < 1.29 is 14.0 Å². The Hall–Kier alpha value is 0.790. The number of halogens is 1. The van der Waals surface area contributed by atoms with Crippen LogP contribution >= 0.6 is 30.6 Å². The monoisotopic (exact) mass is 220 g/mol. The summed E-state index contributed by atoms with van der Waals surface area (Å²) in [5, 5.41) is 0. The zero-order valence-corrected chi connectivity index (χ0v) is 9.18. The van der Waals surface area contributed by atoms with Crippen molar-refractivity contribution in [2.45, 2.75) is 20.3 Å². The third kappa shape index (κ3) is 8.70. The fourth-order valence-corrected chi connectivity index (χ4v) is 3.00. The fourth-order valence-electron chi connectivity index (χ4n) is 0.407. The van der Waals surface area contributed by atoms with E-state index in [0.717, 1.165) is 17.8 Å². The van der Waals surface area contributed by atoms with Crippen LogP contribution in [0.1, 0.15) is 20.3 Å². The molecule has 70 valence electrons. The molecule has 0 aliphatic rings. The van der Waals surface area contributed by atoms with Gasteiger partial charge in [0.25, 0.3) is 0 Å². The van der Waals surface area contributed by atoms with E-state index >= 15 is 0 Å². The molecule has 0 aliphatic heterocycles. The van der Waals surface area contributed by atoms with Crippen molar-refractivity contribution in [3.8, 4) is 0 Å². The van der Waals surface area contributed by atoms with E-state index in [0.29, 0.717) is 12.4 Å². The van der Waals surface area contributed by atoms with Crippen LogP contribution in [-0.4, -0.2) is 17.3 Å². The van der Waals surface area contributed by atoms with Crippen LogP contribution in [0.25, 0.3) is 0 Å². The Morgan fingerprint density at radius 3 is 2.45 bits per heavy atom. The van der Waals surface area contributed by atoms with Crippen LogP contribution in [0.5, 0.6) is 0 Å². The van der Waals surface area contributed by atoms with E-state index in [4.69, 9.17) is 4.89 Å². The predicted molar refractivity (Wildman–Crippen MR) is 51.4 cm³/mol. The normalized spacial score (nSPS) is 15.2. The molecule has 1 atom stereocenters. The molecule has 0 saturated heterocycles. The van der Waals surface area contributed by atoms with Gasteiger partial charge in [-0.3, -0.25) is 0 Å². The standard InChI is InChI=1S/C5H13O3PS.ClH/c1-3-5-10-9(6,7)8-4-2;/h3-5H2,1-2H3,(H,6,7);1H. The lowest BCUT2D eigenvalue weighted by molar-refractivity contribution is 0.291. The Morgan fingerprint density at radius 2 is 2.09 bits per heavy atom. The highest BCUT2D eigenvalue weighted by Gasteiger charge is 2.17. The Kier molecular flexibility index (Phi) is 9.69.